The van der Waals surface area contributed by atoms with Gasteiger partial charge in [0.25, 0.3) is 0 Å². The van der Waals surface area contributed by atoms with E-state index in [0.29, 0.717) is 19.8 Å². The minimum absolute atomic E-state index is 0.116. The summed E-state index contributed by atoms with van der Waals surface area (Å²) in [6.07, 6.45) is 0.839. The summed E-state index contributed by atoms with van der Waals surface area (Å²) in [5.41, 5.74) is 3.31. The largest absolute Gasteiger partial charge is 0.376 e. The molecule has 1 N–H and O–H groups in total. The molecule has 0 saturated carbocycles. The third kappa shape index (κ3) is 3.04. The van der Waals surface area contributed by atoms with Crippen LogP contribution < -0.4 is 5.32 Å². The topological polar surface area (TPSA) is 56.3 Å². The Morgan fingerprint density at radius 1 is 1.22 bits per heavy atom. The lowest BCUT2D eigenvalue weighted by atomic mass is 10.1. The van der Waals surface area contributed by atoms with E-state index in [-0.39, 0.29) is 6.10 Å². The first kappa shape index (κ1) is 13.4. The molecular weight excluding hydrogens is 230 g/mol. The van der Waals surface area contributed by atoms with Crippen molar-refractivity contribution in [3.63, 3.8) is 0 Å². The van der Waals surface area contributed by atoms with Crippen molar-refractivity contribution in [1.29, 1.82) is 0 Å². The fraction of sp³-hybridized carbons (Fsp3) is 0.692. The van der Waals surface area contributed by atoms with E-state index >= 15 is 0 Å². The Kier molecular flexibility index (Phi) is 4.63. The van der Waals surface area contributed by atoms with Crippen molar-refractivity contribution in [3.8, 4) is 0 Å². The van der Waals surface area contributed by atoms with Crippen molar-refractivity contribution in [2.45, 2.75) is 26.4 Å². The lowest BCUT2D eigenvalue weighted by Gasteiger charge is -2.22. The zero-order chi connectivity index (χ0) is 13.0. The molecule has 1 atom stereocenters. The number of ether oxygens (including phenoxy) is 2. The van der Waals surface area contributed by atoms with Crippen LogP contribution in [0.2, 0.25) is 0 Å². The quantitative estimate of drug-likeness (QED) is 0.863. The molecule has 1 aromatic rings. The second kappa shape index (κ2) is 6.22. The monoisotopic (exact) mass is 251 g/mol. The smallest absolute Gasteiger partial charge is 0.160 e. The van der Waals surface area contributed by atoms with Crippen LogP contribution in [0.4, 0.5) is 0 Å². The Balaban J connectivity index is 2.18. The minimum atomic E-state index is -0.116. The molecule has 2 heterocycles. The maximum absolute atomic E-state index is 5.63. The molecule has 1 fully saturated rings. The molecule has 1 aromatic heterocycles. The summed E-state index contributed by atoms with van der Waals surface area (Å²) >= 11 is 0. The summed E-state index contributed by atoms with van der Waals surface area (Å²) in [5, 5.41) is 3.15. The summed E-state index contributed by atoms with van der Waals surface area (Å²) in [7, 11) is 1.95. The van der Waals surface area contributed by atoms with Gasteiger partial charge in [0.15, 0.2) is 5.82 Å². The fourth-order valence-corrected chi connectivity index (χ4v) is 2.16. The third-order valence-corrected chi connectivity index (χ3v) is 3.17. The van der Waals surface area contributed by atoms with Crippen LogP contribution in [-0.4, -0.2) is 43.4 Å². The van der Waals surface area contributed by atoms with Crippen molar-refractivity contribution >= 4 is 0 Å². The van der Waals surface area contributed by atoms with Gasteiger partial charge in [0.05, 0.1) is 19.8 Å². The maximum atomic E-state index is 5.63. The van der Waals surface area contributed by atoms with Gasteiger partial charge in [-0.15, -0.1) is 0 Å². The van der Waals surface area contributed by atoms with Crippen LogP contribution in [0.5, 0.6) is 0 Å². The molecular formula is C13H21N3O2. The van der Waals surface area contributed by atoms with Crippen LogP contribution in [0, 0.1) is 13.8 Å². The Hall–Kier alpha value is -1.04. The Morgan fingerprint density at radius 3 is 2.50 bits per heavy atom. The van der Waals surface area contributed by atoms with Gasteiger partial charge in [-0.05, 0) is 39.4 Å². The number of likely N-dealkylation sites (N-methyl/N-ethyl adjacent to an activating group) is 1. The molecule has 1 unspecified atom stereocenters. The van der Waals surface area contributed by atoms with E-state index < -0.39 is 0 Å². The van der Waals surface area contributed by atoms with Crippen LogP contribution in [0.15, 0.2) is 0 Å². The predicted molar refractivity (Wildman–Crippen MR) is 68.6 cm³/mol. The highest BCUT2D eigenvalue weighted by atomic mass is 16.6. The molecule has 0 spiro atoms. The molecule has 100 valence electrons. The van der Waals surface area contributed by atoms with Crippen molar-refractivity contribution < 1.29 is 9.47 Å². The molecule has 0 bridgehead atoms. The van der Waals surface area contributed by atoms with Crippen molar-refractivity contribution in [2.24, 2.45) is 0 Å². The molecule has 5 heteroatoms. The van der Waals surface area contributed by atoms with Gasteiger partial charge in [0.2, 0.25) is 0 Å². The molecule has 1 aliphatic heterocycles. The number of rotatable bonds is 4. The van der Waals surface area contributed by atoms with Crippen LogP contribution in [0.1, 0.15) is 28.9 Å². The normalized spacial score (nSPS) is 20.1. The van der Waals surface area contributed by atoms with E-state index in [0.717, 1.165) is 30.2 Å². The number of aryl methyl sites for hydroxylation is 2. The van der Waals surface area contributed by atoms with Gasteiger partial charge in [-0.3, -0.25) is 0 Å². The predicted octanol–water partition coefficient (Wildman–Crippen LogP) is 0.943. The standard InChI is InChI=1S/C13H21N3O2/c1-9-11(4-5-14-3)10(2)16-13(15-9)12-8-17-6-7-18-12/h12,14H,4-8H2,1-3H3. The van der Waals surface area contributed by atoms with Gasteiger partial charge < -0.3 is 14.8 Å². The molecule has 0 radical (unpaired) electrons. The van der Waals surface area contributed by atoms with E-state index in [1.54, 1.807) is 0 Å². The molecule has 2 rings (SSSR count). The zero-order valence-corrected chi connectivity index (χ0v) is 11.3. The SMILES string of the molecule is CNCCc1c(C)nc(C2COCCO2)nc1C. The highest BCUT2D eigenvalue weighted by molar-refractivity contribution is 5.25. The van der Waals surface area contributed by atoms with Crippen LogP contribution in [-0.2, 0) is 15.9 Å². The number of nitrogens with one attached hydrogen (secondary N) is 1. The second-order valence-corrected chi connectivity index (χ2v) is 4.52. The highest BCUT2D eigenvalue weighted by Crippen LogP contribution is 2.20. The van der Waals surface area contributed by atoms with Crippen molar-refractivity contribution in [1.82, 2.24) is 15.3 Å². The van der Waals surface area contributed by atoms with Gasteiger partial charge in [-0.2, -0.15) is 0 Å². The average molecular weight is 251 g/mol. The molecule has 0 aliphatic carbocycles. The lowest BCUT2D eigenvalue weighted by Crippen LogP contribution is -2.24. The van der Waals surface area contributed by atoms with Crippen molar-refractivity contribution in [2.75, 3.05) is 33.4 Å². The fourth-order valence-electron chi connectivity index (χ4n) is 2.16. The molecule has 1 aliphatic rings. The maximum Gasteiger partial charge on any atom is 0.160 e. The number of aromatic nitrogens is 2. The molecule has 18 heavy (non-hydrogen) atoms. The average Bonchev–Trinajstić information content (AvgIpc) is 2.39. The van der Waals surface area contributed by atoms with E-state index in [1.165, 1.54) is 5.56 Å². The van der Waals surface area contributed by atoms with Gasteiger partial charge >= 0.3 is 0 Å². The Morgan fingerprint density at radius 2 is 1.94 bits per heavy atom. The summed E-state index contributed by atoms with van der Waals surface area (Å²) in [5.74, 6) is 0.748. The molecule has 0 amide bonds. The van der Waals surface area contributed by atoms with Crippen LogP contribution >= 0.6 is 0 Å². The number of nitrogens with zero attached hydrogens (tertiary/aromatic N) is 2. The number of hydrogen-bond acceptors (Lipinski definition) is 5. The van der Waals surface area contributed by atoms with E-state index in [9.17, 15) is 0 Å². The van der Waals surface area contributed by atoms with Gasteiger partial charge in [-0.1, -0.05) is 0 Å². The highest BCUT2D eigenvalue weighted by Gasteiger charge is 2.21. The summed E-state index contributed by atoms with van der Waals surface area (Å²) in [6, 6.07) is 0. The van der Waals surface area contributed by atoms with Gasteiger partial charge in [0, 0.05) is 11.4 Å². The van der Waals surface area contributed by atoms with Gasteiger partial charge in [0.1, 0.15) is 6.10 Å². The minimum Gasteiger partial charge on any atom is -0.376 e. The van der Waals surface area contributed by atoms with E-state index in [2.05, 4.69) is 15.3 Å². The second-order valence-electron chi connectivity index (χ2n) is 4.52. The molecule has 0 aromatic carbocycles. The van der Waals surface area contributed by atoms with Crippen molar-refractivity contribution in [3.05, 3.63) is 22.8 Å². The van der Waals surface area contributed by atoms with Crippen LogP contribution in [0.25, 0.3) is 0 Å². The third-order valence-electron chi connectivity index (χ3n) is 3.17. The lowest BCUT2D eigenvalue weighted by molar-refractivity contribution is -0.0936. The van der Waals surface area contributed by atoms with E-state index in [4.69, 9.17) is 9.47 Å². The first-order valence-electron chi connectivity index (χ1n) is 6.40. The molecule has 5 nitrogen and oxygen atoms in total. The summed E-state index contributed by atoms with van der Waals surface area (Å²) < 4.78 is 11.0. The summed E-state index contributed by atoms with van der Waals surface area (Å²) in [4.78, 5) is 9.13. The van der Waals surface area contributed by atoms with Crippen LogP contribution in [0.3, 0.4) is 0 Å². The van der Waals surface area contributed by atoms with Gasteiger partial charge in [-0.25, -0.2) is 9.97 Å². The van der Waals surface area contributed by atoms with E-state index in [1.807, 2.05) is 20.9 Å². The first-order chi connectivity index (χ1) is 8.72. The molecule has 1 saturated heterocycles. The Bertz CT molecular complexity index is 380. The number of hydrogen-bond donors (Lipinski definition) is 1. The zero-order valence-electron chi connectivity index (χ0n) is 11.3. The summed E-state index contributed by atoms with van der Waals surface area (Å²) in [6.45, 7) is 6.84. The Labute approximate surface area is 108 Å². The first-order valence-corrected chi connectivity index (χ1v) is 6.40.